The van der Waals surface area contributed by atoms with Crippen LogP contribution in [-0.2, 0) is 4.79 Å². The van der Waals surface area contributed by atoms with Gasteiger partial charge in [-0.05, 0) is 69.2 Å². The predicted octanol–water partition coefficient (Wildman–Crippen LogP) is 3.49. The minimum atomic E-state index is -0.139. The van der Waals surface area contributed by atoms with E-state index < -0.39 is 0 Å². The average Bonchev–Trinajstić information content (AvgIpc) is 2.56. The van der Waals surface area contributed by atoms with Crippen LogP contribution in [0.4, 0.5) is 11.4 Å². The fourth-order valence-corrected chi connectivity index (χ4v) is 2.37. The Kier molecular flexibility index (Phi) is 6.17. The van der Waals surface area contributed by atoms with Crippen LogP contribution < -0.4 is 16.0 Å². The minimum Gasteiger partial charge on any atom is -0.376 e. The molecular formula is C20H25N3O2. The molecule has 2 aromatic rings. The number of nitrogens with one attached hydrogen (secondary N) is 3. The molecule has 0 aromatic heterocycles. The van der Waals surface area contributed by atoms with Gasteiger partial charge in [0.2, 0.25) is 5.91 Å². The maximum atomic E-state index is 12.1. The number of carbonyl (C=O) groups excluding carboxylic acids is 2. The summed E-state index contributed by atoms with van der Waals surface area (Å²) in [6.07, 6.45) is 0. The van der Waals surface area contributed by atoms with Crippen LogP contribution >= 0.6 is 0 Å². The molecule has 132 valence electrons. The zero-order valence-electron chi connectivity index (χ0n) is 15.1. The van der Waals surface area contributed by atoms with Gasteiger partial charge in [-0.25, -0.2) is 0 Å². The zero-order valence-corrected chi connectivity index (χ0v) is 15.1. The van der Waals surface area contributed by atoms with Crippen LogP contribution in [0.25, 0.3) is 0 Å². The Morgan fingerprint density at radius 1 is 1.00 bits per heavy atom. The highest BCUT2D eigenvalue weighted by atomic mass is 16.2. The molecule has 0 spiro atoms. The highest BCUT2D eigenvalue weighted by Crippen LogP contribution is 2.17. The summed E-state index contributed by atoms with van der Waals surface area (Å²) in [7, 11) is 0. The van der Waals surface area contributed by atoms with Crippen molar-refractivity contribution in [2.24, 2.45) is 0 Å². The summed E-state index contributed by atoms with van der Waals surface area (Å²) in [5, 5.41) is 8.80. The van der Waals surface area contributed by atoms with E-state index in [2.05, 4.69) is 16.0 Å². The summed E-state index contributed by atoms with van der Waals surface area (Å²) in [6, 6.07) is 12.9. The zero-order chi connectivity index (χ0) is 18.4. The summed E-state index contributed by atoms with van der Waals surface area (Å²) in [5.74, 6) is -0.259. The standard InChI is InChI=1S/C20H25N3O2/c1-13(2)22-20(25)16-8-10-17(11-9-16)23-19(24)12-21-18-7-5-6-14(3)15(18)4/h5-11,13,21H,12H2,1-4H3,(H,22,25)(H,23,24). The van der Waals surface area contributed by atoms with E-state index in [0.717, 1.165) is 11.3 Å². The van der Waals surface area contributed by atoms with Crippen molar-refractivity contribution in [3.63, 3.8) is 0 Å². The van der Waals surface area contributed by atoms with Gasteiger partial charge < -0.3 is 16.0 Å². The second kappa shape index (κ2) is 8.33. The molecule has 2 amide bonds. The Morgan fingerprint density at radius 2 is 1.68 bits per heavy atom. The minimum absolute atomic E-state index is 0.0861. The summed E-state index contributed by atoms with van der Waals surface area (Å²) in [5.41, 5.74) is 4.50. The van der Waals surface area contributed by atoms with Gasteiger partial charge in [-0.3, -0.25) is 9.59 Å². The Bertz CT molecular complexity index is 752. The van der Waals surface area contributed by atoms with Gasteiger partial charge in [0.15, 0.2) is 0 Å². The molecule has 0 radical (unpaired) electrons. The third-order valence-corrected chi connectivity index (χ3v) is 3.89. The Balaban J connectivity index is 1.90. The first-order valence-corrected chi connectivity index (χ1v) is 8.37. The first kappa shape index (κ1) is 18.5. The van der Waals surface area contributed by atoms with Crippen molar-refractivity contribution < 1.29 is 9.59 Å². The van der Waals surface area contributed by atoms with E-state index in [-0.39, 0.29) is 24.4 Å². The fraction of sp³-hybridized carbons (Fsp3) is 0.300. The molecule has 2 rings (SSSR count). The lowest BCUT2D eigenvalue weighted by molar-refractivity contribution is -0.114. The molecule has 0 aliphatic rings. The molecule has 5 heteroatoms. The lowest BCUT2D eigenvalue weighted by atomic mass is 10.1. The monoisotopic (exact) mass is 339 g/mol. The Labute approximate surface area is 148 Å². The molecule has 0 atom stereocenters. The smallest absolute Gasteiger partial charge is 0.251 e. The van der Waals surface area contributed by atoms with Crippen LogP contribution in [0.3, 0.4) is 0 Å². The van der Waals surface area contributed by atoms with Gasteiger partial charge in [-0.15, -0.1) is 0 Å². The van der Waals surface area contributed by atoms with E-state index in [9.17, 15) is 9.59 Å². The number of hydrogen-bond acceptors (Lipinski definition) is 3. The SMILES string of the molecule is Cc1cccc(NCC(=O)Nc2ccc(C(=O)NC(C)C)cc2)c1C. The fourth-order valence-electron chi connectivity index (χ4n) is 2.37. The normalized spacial score (nSPS) is 10.4. The summed E-state index contributed by atoms with van der Waals surface area (Å²) in [4.78, 5) is 24.0. The molecule has 0 unspecified atom stereocenters. The molecule has 0 aliphatic heterocycles. The third kappa shape index (κ3) is 5.35. The van der Waals surface area contributed by atoms with E-state index in [1.54, 1.807) is 24.3 Å². The molecule has 3 N–H and O–H groups in total. The number of benzene rings is 2. The van der Waals surface area contributed by atoms with Gasteiger partial charge in [0.05, 0.1) is 6.54 Å². The number of aryl methyl sites for hydroxylation is 1. The Hall–Kier alpha value is -2.82. The molecule has 0 aliphatic carbocycles. The van der Waals surface area contributed by atoms with Gasteiger partial charge in [0.1, 0.15) is 0 Å². The van der Waals surface area contributed by atoms with E-state index in [1.165, 1.54) is 5.56 Å². The molecule has 0 bridgehead atoms. The topological polar surface area (TPSA) is 70.2 Å². The van der Waals surface area contributed by atoms with Crippen LogP contribution in [0.15, 0.2) is 42.5 Å². The van der Waals surface area contributed by atoms with Crippen molar-refractivity contribution >= 4 is 23.2 Å². The number of anilines is 2. The van der Waals surface area contributed by atoms with Crippen molar-refractivity contribution in [1.29, 1.82) is 0 Å². The van der Waals surface area contributed by atoms with E-state index in [4.69, 9.17) is 0 Å². The van der Waals surface area contributed by atoms with E-state index in [0.29, 0.717) is 11.3 Å². The lowest BCUT2D eigenvalue weighted by Crippen LogP contribution is -2.30. The van der Waals surface area contributed by atoms with Crippen molar-refractivity contribution in [3.8, 4) is 0 Å². The molecule has 2 aromatic carbocycles. The highest BCUT2D eigenvalue weighted by molar-refractivity contribution is 5.96. The largest absolute Gasteiger partial charge is 0.376 e. The second-order valence-electron chi connectivity index (χ2n) is 6.35. The maximum Gasteiger partial charge on any atom is 0.251 e. The molecule has 0 saturated carbocycles. The predicted molar refractivity (Wildman–Crippen MR) is 102 cm³/mol. The summed E-state index contributed by atoms with van der Waals surface area (Å²) < 4.78 is 0. The quantitative estimate of drug-likeness (QED) is 0.754. The average molecular weight is 339 g/mol. The van der Waals surface area contributed by atoms with Gasteiger partial charge in [0, 0.05) is 23.0 Å². The first-order chi connectivity index (χ1) is 11.9. The van der Waals surface area contributed by atoms with Crippen molar-refractivity contribution in [2.45, 2.75) is 33.7 Å². The molecular weight excluding hydrogens is 314 g/mol. The van der Waals surface area contributed by atoms with Crippen molar-refractivity contribution in [2.75, 3.05) is 17.2 Å². The van der Waals surface area contributed by atoms with Crippen LogP contribution in [0.5, 0.6) is 0 Å². The number of rotatable bonds is 6. The van der Waals surface area contributed by atoms with Gasteiger partial charge in [0.25, 0.3) is 5.91 Å². The Morgan fingerprint density at radius 3 is 2.32 bits per heavy atom. The third-order valence-electron chi connectivity index (χ3n) is 3.89. The number of hydrogen-bond donors (Lipinski definition) is 3. The van der Waals surface area contributed by atoms with Crippen molar-refractivity contribution in [1.82, 2.24) is 5.32 Å². The molecule has 0 saturated heterocycles. The van der Waals surface area contributed by atoms with E-state index >= 15 is 0 Å². The summed E-state index contributed by atoms with van der Waals surface area (Å²) in [6.45, 7) is 8.07. The number of amides is 2. The molecule has 0 heterocycles. The highest BCUT2D eigenvalue weighted by Gasteiger charge is 2.08. The van der Waals surface area contributed by atoms with Gasteiger partial charge in [-0.2, -0.15) is 0 Å². The molecule has 0 fully saturated rings. The summed E-state index contributed by atoms with van der Waals surface area (Å²) >= 11 is 0. The number of carbonyl (C=O) groups is 2. The second-order valence-corrected chi connectivity index (χ2v) is 6.35. The van der Waals surface area contributed by atoms with Crippen molar-refractivity contribution in [3.05, 3.63) is 59.2 Å². The molecule has 25 heavy (non-hydrogen) atoms. The van der Waals surface area contributed by atoms with Crippen LogP contribution in [0, 0.1) is 13.8 Å². The van der Waals surface area contributed by atoms with Gasteiger partial charge >= 0.3 is 0 Å². The first-order valence-electron chi connectivity index (χ1n) is 8.37. The van der Waals surface area contributed by atoms with Gasteiger partial charge in [-0.1, -0.05) is 12.1 Å². The molecule has 5 nitrogen and oxygen atoms in total. The van der Waals surface area contributed by atoms with E-state index in [1.807, 2.05) is 45.9 Å². The maximum absolute atomic E-state index is 12.1. The lowest BCUT2D eigenvalue weighted by Gasteiger charge is -2.12. The van der Waals surface area contributed by atoms with Crippen LogP contribution in [0.2, 0.25) is 0 Å². The van der Waals surface area contributed by atoms with Crippen LogP contribution in [-0.4, -0.2) is 24.4 Å². The van der Waals surface area contributed by atoms with Crippen LogP contribution in [0.1, 0.15) is 35.3 Å².